The summed E-state index contributed by atoms with van der Waals surface area (Å²) in [4.78, 5) is 0. The van der Waals surface area contributed by atoms with Crippen LogP contribution in [0.3, 0.4) is 0 Å². The predicted molar refractivity (Wildman–Crippen MR) is 49.4 cm³/mol. The van der Waals surface area contributed by atoms with E-state index in [0.717, 1.165) is 19.3 Å². The Morgan fingerprint density at radius 1 is 1.31 bits per heavy atom. The summed E-state index contributed by atoms with van der Waals surface area (Å²) in [7, 11) is 3.22. The van der Waals surface area contributed by atoms with E-state index in [0.29, 0.717) is 18.8 Å². The van der Waals surface area contributed by atoms with Crippen LogP contribution in [0, 0.1) is 0 Å². The summed E-state index contributed by atoms with van der Waals surface area (Å²) in [6.45, 7) is 0.490. The van der Waals surface area contributed by atoms with E-state index >= 15 is 0 Å². The van der Waals surface area contributed by atoms with Crippen LogP contribution in [-0.2, 0) is 14.2 Å². The summed E-state index contributed by atoms with van der Waals surface area (Å²) in [5, 5.41) is 0. The van der Waals surface area contributed by atoms with Gasteiger partial charge in [0.2, 0.25) is 0 Å². The second-order valence-corrected chi connectivity index (χ2v) is 3.43. The predicted octanol–water partition coefficient (Wildman–Crippen LogP) is 0.502. The van der Waals surface area contributed by atoms with Gasteiger partial charge < -0.3 is 19.9 Å². The second-order valence-electron chi connectivity index (χ2n) is 3.43. The Balaban J connectivity index is 2.11. The quantitative estimate of drug-likeness (QED) is 0.640. The van der Waals surface area contributed by atoms with Crippen LogP contribution in [-0.4, -0.2) is 39.3 Å². The molecule has 2 unspecified atom stereocenters. The Morgan fingerprint density at radius 2 is 2.00 bits per heavy atom. The minimum absolute atomic E-state index is 0.253. The Hall–Kier alpha value is -0.160. The molecule has 0 aromatic heterocycles. The van der Waals surface area contributed by atoms with Crippen LogP contribution in [0.5, 0.6) is 0 Å². The van der Waals surface area contributed by atoms with Crippen LogP contribution in [0.1, 0.15) is 19.3 Å². The zero-order valence-corrected chi connectivity index (χ0v) is 8.36. The highest BCUT2D eigenvalue weighted by Gasteiger charge is 2.23. The van der Waals surface area contributed by atoms with E-state index < -0.39 is 0 Å². The first-order valence-corrected chi connectivity index (χ1v) is 4.69. The average molecular weight is 189 g/mol. The zero-order valence-electron chi connectivity index (χ0n) is 8.36. The summed E-state index contributed by atoms with van der Waals surface area (Å²) in [6.07, 6.45) is 3.12. The first kappa shape index (κ1) is 10.9. The smallest absolute Gasteiger partial charge is 0.180 e. The molecule has 0 spiro atoms. The van der Waals surface area contributed by atoms with E-state index in [2.05, 4.69) is 0 Å². The zero-order chi connectivity index (χ0) is 9.68. The minimum Gasteiger partial charge on any atom is -0.373 e. The van der Waals surface area contributed by atoms with Crippen LogP contribution in [0.2, 0.25) is 0 Å². The summed E-state index contributed by atoms with van der Waals surface area (Å²) in [5.74, 6) is 0. The molecule has 78 valence electrons. The average Bonchev–Trinajstić information content (AvgIpc) is 2.53. The topological polar surface area (TPSA) is 53.7 Å². The molecule has 1 rings (SSSR count). The van der Waals surface area contributed by atoms with E-state index in [4.69, 9.17) is 19.9 Å². The number of nitrogens with two attached hydrogens (primary N) is 1. The van der Waals surface area contributed by atoms with Crippen molar-refractivity contribution in [3.8, 4) is 0 Å². The highest BCUT2D eigenvalue weighted by molar-refractivity contribution is 4.78. The highest BCUT2D eigenvalue weighted by Crippen LogP contribution is 2.20. The van der Waals surface area contributed by atoms with Gasteiger partial charge in [-0.15, -0.1) is 0 Å². The molecule has 0 radical (unpaired) electrons. The molecule has 0 aliphatic heterocycles. The largest absolute Gasteiger partial charge is 0.373 e. The number of ether oxygens (including phenoxy) is 3. The third-order valence-electron chi connectivity index (χ3n) is 2.42. The number of hydrogen-bond donors (Lipinski definition) is 1. The molecule has 1 aliphatic carbocycles. The molecule has 0 saturated heterocycles. The fraction of sp³-hybridized carbons (Fsp3) is 1.00. The third-order valence-corrected chi connectivity index (χ3v) is 2.42. The van der Waals surface area contributed by atoms with Gasteiger partial charge in [0, 0.05) is 20.3 Å². The van der Waals surface area contributed by atoms with Crippen molar-refractivity contribution in [3.63, 3.8) is 0 Å². The summed E-state index contributed by atoms with van der Waals surface area (Å²) in [5.41, 5.74) is 5.75. The Morgan fingerprint density at radius 3 is 2.46 bits per heavy atom. The molecule has 13 heavy (non-hydrogen) atoms. The number of hydrogen-bond acceptors (Lipinski definition) is 4. The molecule has 2 N–H and O–H groups in total. The SMILES string of the molecule is COC(COC1CCC(N)C1)OC. The first-order chi connectivity index (χ1) is 6.26. The maximum atomic E-state index is 5.75. The van der Waals surface area contributed by atoms with Crippen LogP contribution >= 0.6 is 0 Å². The first-order valence-electron chi connectivity index (χ1n) is 4.69. The van der Waals surface area contributed by atoms with Gasteiger partial charge in [0.1, 0.15) is 0 Å². The molecular weight excluding hydrogens is 170 g/mol. The van der Waals surface area contributed by atoms with Gasteiger partial charge in [0.25, 0.3) is 0 Å². The van der Waals surface area contributed by atoms with Crippen LogP contribution in [0.25, 0.3) is 0 Å². The standard InChI is InChI=1S/C9H19NO3/c1-11-9(12-2)6-13-8-4-3-7(10)5-8/h7-9H,3-6,10H2,1-2H3. The molecule has 0 bridgehead atoms. The molecule has 1 fully saturated rings. The summed E-state index contributed by atoms with van der Waals surface area (Å²) in [6, 6.07) is 0.313. The maximum Gasteiger partial charge on any atom is 0.180 e. The fourth-order valence-corrected chi connectivity index (χ4v) is 1.57. The van der Waals surface area contributed by atoms with Gasteiger partial charge in [-0.1, -0.05) is 0 Å². The van der Waals surface area contributed by atoms with Crippen molar-refractivity contribution in [2.45, 2.75) is 37.7 Å². The molecule has 0 aromatic carbocycles. The molecule has 0 aromatic rings. The van der Waals surface area contributed by atoms with Crippen molar-refractivity contribution < 1.29 is 14.2 Å². The van der Waals surface area contributed by atoms with E-state index in [1.807, 2.05) is 0 Å². The van der Waals surface area contributed by atoms with Crippen molar-refractivity contribution in [2.24, 2.45) is 5.73 Å². The Labute approximate surface area is 79.3 Å². The summed E-state index contributed by atoms with van der Waals surface area (Å²) < 4.78 is 15.6. The lowest BCUT2D eigenvalue weighted by molar-refractivity contribution is -0.150. The van der Waals surface area contributed by atoms with Crippen molar-refractivity contribution in [1.29, 1.82) is 0 Å². The fourth-order valence-electron chi connectivity index (χ4n) is 1.57. The molecule has 2 atom stereocenters. The number of rotatable bonds is 5. The summed E-state index contributed by atoms with van der Waals surface area (Å²) >= 11 is 0. The van der Waals surface area contributed by atoms with Crippen molar-refractivity contribution >= 4 is 0 Å². The minimum atomic E-state index is -0.253. The Bertz CT molecular complexity index is 139. The van der Waals surface area contributed by atoms with Gasteiger partial charge in [-0.25, -0.2) is 0 Å². The van der Waals surface area contributed by atoms with Crippen molar-refractivity contribution in [1.82, 2.24) is 0 Å². The molecule has 4 nitrogen and oxygen atoms in total. The lowest BCUT2D eigenvalue weighted by Gasteiger charge is -2.17. The van der Waals surface area contributed by atoms with Gasteiger partial charge in [0.05, 0.1) is 12.7 Å². The highest BCUT2D eigenvalue weighted by atomic mass is 16.7. The lowest BCUT2D eigenvalue weighted by atomic mass is 10.3. The third kappa shape index (κ3) is 3.60. The van der Waals surface area contributed by atoms with E-state index in [1.54, 1.807) is 14.2 Å². The lowest BCUT2D eigenvalue weighted by Crippen LogP contribution is -2.24. The van der Waals surface area contributed by atoms with Gasteiger partial charge in [0.15, 0.2) is 6.29 Å². The van der Waals surface area contributed by atoms with Gasteiger partial charge in [-0.05, 0) is 19.3 Å². The van der Waals surface area contributed by atoms with E-state index in [9.17, 15) is 0 Å². The maximum absolute atomic E-state index is 5.75. The molecular formula is C9H19NO3. The monoisotopic (exact) mass is 189 g/mol. The van der Waals surface area contributed by atoms with Crippen molar-refractivity contribution in [3.05, 3.63) is 0 Å². The molecule has 0 amide bonds. The van der Waals surface area contributed by atoms with E-state index in [1.165, 1.54) is 0 Å². The molecule has 1 saturated carbocycles. The van der Waals surface area contributed by atoms with Gasteiger partial charge in [-0.3, -0.25) is 0 Å². The van der Waals surface area contributed by atoms with Gasteiger partial charge in [-0.2, -0.15) is 0 Å². The van der Waals surface area contributed by atoms with Crippen LogP contribution < -0.4 is 5.73 Å². The van der Waals surface area contributed by atoms with Crippen LogP contribution in [0.4, 0.5) is 0 Å². The molecule has 1 aliphatic rings. The Kier molecular flexibility index (Phi) is 4.66. The van der Waals surface area contributed by atoms with Gasteiger partial charge >= 0.3 is 0 Å². The van der Waals surface area contributed by atoms with Crippen LogP contribution in [0.15, 0.2) is 0 Å². The molecule has 4 heteroatoms. The normalized spacial score (nSPS) is 28.6. The number of methoxy groups -OCH3 is 2. The van der Waals surface area contributed by atoms with Crippen molar-refractivity contribution in [2.75, 3.05) is 20.8 Å². The molecule has 0 heterocycles. The second kappa shape index (κ2) is 5.54. The van der Waals surface area contributed by atoms with E-state index in [-0.39, 0.29) is 6.29 Å².